The molecule has 3 amide bonds. The van der Waals surface area contributed by atoms with E-state index >= 15 is 0 Å². The van der Waals surface area contributed by atoms with Gasteiger partial charge in [-0.15, -0.1) is 0 Å². The van der Waals surface area contributed by atoms with Gasteiger partial charge in [0.05, 0.1) is 13.1 Å². The molecule has 0 aliphatic heterocycles. The van der Waals surface area contributed by atoms with Crippen LogP contribution in [0.5, 0.6) is 0 Å². The summed E-state index contributed by atoms with van der Waals surface area (Å²) in [6.45, 7) is -2.31. The second-order valence-corrected chi connectivity index (χ2v) is 13.3. The molecule has 1 atom stereocenters. The van der Waals surface area contributed by atoms with E-state index in [0.717, 1.165) is 21.5 Å². The van der Waals surface area contributed by atoms with E-state index in [0.29, 0.717) is 0 Å². The Morgan fingerprint density at radius 3 is 1.64 bits per heavy atom. The van der Waals surface area contributed by atoms with E-state index < -0.39 is 49.7 Å². The van der Waals surface area contributed by atoms with Crippen LogP contribution in [-0.2, 0) is 25.7 Å². The van der Waals surface area contributed by atoms with E-state index in [1.165, 1.54) is 6.92 Å². The second-order valence-electron chi connectivity index (χ2n) is 9.98. The lowest BCUT2D eigenvalue weighted by atomic mass is 10.2. The molecule has 228 valence electrons. The monoisotopic (exact) mass is 620 g/mol. The van der Waals surface area contributed by atoms with Crippen LogP contribution >= 0.6 is 6.89 Å². The second kappa shape index (κ2) is 15.9. The molecule has 0 saturated carbocycles. The van der Waals surface area contributed by atoms with Gasteiger partial charge in [0, 0.05) is 0 Å². The van der Waals surface area contributed by atoms with Gasteiger partial charge >= 0.3 is 6.09 Å². The Balaban J connectivity index is 1.46. The Labute approximate surface area is 262 Å². The molecule has 0 aromatic heterocycles. The van der Waals surface area contributed by atoms with E-state index in [1.807, 2.05) is 109 Å². The van der Waals surface area contributed by atoms with Crippen LogP contribution in [0.2, 0.25) is 0 Å². The van der Waals surface area contributed by atoms with Crippen molar-refractivity contribution in [1.82, 2.24) is 16.0 Å². The smallest absolute Gasteiger partial charge is 0.408 e. The van der Waals surface area contributed by atoms with Gasteiger partial charge in [-0.25, -0.2) is 4.79 Å². The molecule has 4 aromatic rings. The number of nitriles is 1. The zero-order valence-corrected chi connectivity index (χ0v) is 25.6. The van der Waals surface area contributed by atoms with Gasteiger partial charge < -0.3 is 20.7 Å². The first-order valence-electron chi connectivity index (χ1n) is 14.2. The lowest BCUT2D eigenvalue weighted by molar-refractivity contribution is -0.127. The Morgan fingerprint density at radius 2 is 1.18 bits per heavy atom. The van der Waals surface area contributed by atoms with Gasteiger partial charge in [0.2, 0.25) is 11.8 Å². The number of hydrogen-bond donors (Lipinski definition) is 3. The average molecular weight is 621 g/mol. The highest BCUT2D eigenvalue weighted by Crippen LogP contribution is 2.46. The van der Waals surface area contributed by atoms with Crippen LogP contribution in [0.4, 0.5) is 4.79 Å². The summed E-state index contributed by atoms with van der Waals surface area (Å²) in [4.78, 5) is 51.0. The number of ketones is 1. The Morgan fingerprint density at radius 1 is 0.711 bits per heavy atom. The quantitative estimate of drug-likeness (QED) is 0.209. The predicted molar refractivity (Wildman–Crippen MR) is 176 cm³/mol. The summed E-state index contributed by atoms with van der Waals surface area (Å²) in [5.74, 6) is -1.77. The summed E-state index contributed by atoms with van der Waals surface area (Å²) in [5.41, 5.74) is 0.795. The van der Waals surface area contributed by atoms with Crippen LogP contribution < -0.4 is 31.9 Å². The van der Waals surface area contributed by atoms with Crippen molar-refractivity contribution in [2.75, 3.05) is 13.1 Å². The minimum atomic E-state index is -2.93. The van der Waals surface area contributed by atoms with Gasteiger partial charge in [-0.1, -0.05) is 121 Å². The van der Waals surface area contributed by atoms with Gasteiger partial charge in [-0.05, 0) is 35.3 Å². The summed E-state index contributed by atoms with van der Waals surface area (Å²) in [5, 5.41) is 20.4. The topological polar surface area (TPSA) is 137 Å². The third-order valence-corrected chi connectivity index (χ3v) is 11.2. The molecule has 0 radical (unpaired) electrons. The van der Waals surface area contributed by atoms with Crippen LogP contribution in [0.3, 0.4) is 0 Å². The van der Waals surface area contributed by atoms with Gasteiger partial charge in [0.15, 0.2) is 5.78 Å². The summed E-state index contributed by atoms with van der Waals surface area (Å²) >= 11 is 0. The molecule has 45 heavy (non-hydrogen) atoms. The molecule has 0 bridgehead atoms. The minimum absolute atomic E-state index is 0.0432. The molecule has 0 spiro atoms. The maximum Gasteiger partial charge on any atom is 0.408 e. The van der Waals surface area contributed by atoms with Gasteiger partial charge in [0.1, 0.15) is 24.0 Å². The standard InChI is InChI=1S/C35H33N4O5P/c1-26(39-35(43)44-25-27-14-6-2-7-15-27)34(42)38-24-33(41)37-23-31(40)32(22-36)45(28-16-8-3-9-17-28,29-18-10-4-11-19-29)30-20-12-5-13-21-30/h2-21,26H,23-25H2,1H3,(H,37,41)(H,38,42)(H,39,43)/t26-/m0/s1. The summed E-state index contributed by atoms with van der Waals surface area (Å²) in [6.07, 6.45) is -0.779. The van der Waals surface area contributed by atoms with Gasteiger partial charge in [0.25, 0.3) is 0 Å². The zero-order chi connectivity index (χ0) is 32.1. The van der Waals surface area contributed by atoms with Crippen LogP contribution in [0.25, 0.3) is 0 Å². The molecule has 0 heterocycles. The maximum absolute atomic E-state index is 13.8. The lowest BCUT2D eigenvalue weighted by Gasteiger charge is -2.30. The van der Waals surface area contributed by atoms with Crippen LogP contribution in [-0.4, -0.2) is 48.1 Å². The Kier molecular flexibility index (Phi) is 11.4. The third-order valence-electron chi connectivity index (χ3n) is 6.95. The van der Waals surface area contributed by atoms with E-state index in [1.54, 1.807) is 12.1 Å². The van der Waals surface area contributed by atoms with Crippen molar-refractivity contribution >= 4 is 51.8 Å². The summed E-state index contributed by atoms with van der Waals surface area (Å²) in [7, 11) is 0. The number of alkyl carbamates (subject to hydrolysis) is 1. The number of carbonyl (C=O) groups is 4. The van der Waals surface area contributed by atoms with Crippen molar-refractivity contribution in [3.8, 4) is 6.07 Å². The molecule has 10 heteroatoms. The largest absolute Gasteiger partial charge is 0.445 e. The number of amides is 3. The number of hydrogen-bond acceptors (Lipinski definition) is 6. The molecule has 0 aliphatic rings. The molecular formula is C35H33N4O5P. The van der Waals surface area contributed by atoms with Crippen molar-refractivity contribution in [3.05, 3.63) is 127 Å². The Hall–Kier alpha value is -5.45. The fraction of sp³-hybridized carbons (Fsp3) is 0.143. The number of nitrogens with one attached hydrogen (secondary N) is 3. The van der Waals surface area contributed by atoms with Crippen molar-refractivity contribution in [2.45, 2.75) is 19.6 Å². The molecule has 0 saturated heterocycles. The predicted octanol–water partition coefficient (Wildman–Crippen LogP) is 2.79. The maximum atomic E-state index is 13.8. The minimum Gasteiger partial charge on any atom is -0.445 e. The van der Waals surface area contributed by atoms with Crippen molar-refractivity contribution < 1.29 is 23.9 Å². The first-order chi connectivity index (χ1) is 21.9. The van der Waals surface area contributed by atoms with Gasteiger partial charge in [-0.2, -0.15) is 5.26 Å². The lowest BCUT2D eigenvalue weighted by Crippen LogP contribution is -2.48. The van der Waals surface area contributed by atoms with Crippen LogP contribution in [0.15, 0.2) is 121 Å². The van der Waals surface area contributed by atoms with Crippen LogP contribution in [0.1, 0.15) is 12.5 Å². The Bertz CT molecular complexity index is 1620. The normalized spacial score (nSPS) is 11.3. The molecule has 0 fully saturated rings. The number of rotatable bonds is 12. The van der Waals surface area contributed by atoms with Crippen molar-refractivity contribution in [3.63, 3.8) is 0 Å². The number of ether oxygens (including phenoxy) is 1. The fourth-order valence-corrected chi connectivity index (χ4v) is 8.90. The highest BCUT2D eigenvalue weighted by atomic mass is 31.2. The van der Waals surface area contributed by atoms with Crippen molar-refractivity contribution in [1.29, 1.82) is 5.26 Å². The number of benzene rings is 4. The molecule has 3 N–H and O–H groups in total. The van der Waals surface area contributed by atoms with E-state index in [4.69, 9.17) is 4.74 Å². The van der Waals surface area contributed by atoms with E-state index in [2.05, 4.69) is 22.0 Å². The van der Waals surface area contributed by atoms with Gasteiger partial charge in [-0.3, -0.25) is 14.4 Å². The first-order valence-corrected chi connectivity index (χ1v) is 16.0. The third kappa shape index (κ3) is 8.14. The molecule has 4 rings (SSSR count). The summed E-state index contributed by atoms with van der Waals surface area (Å²) < 4.78 is 5.12. The molecular weight excluding hydrogens is 587 g/mol. The SMILES string of the molecule is C[C@H](NC(=O)OCc1ccccc1)C(=O)NCC(=O)NCC(=O)C(C#N)=P(c1ccccc1)(c1ccccc1)c1ccccc1. The van der Waals surface area contributed by atoms with E-state index in [9.17, 15) is 24.4 Å². The summed E-state index contributed by atoms with van der Waals surface area (Å²) in [6, 6.07) is 38.7. The molecule has 0 aliphatic carbocycles. The molecule has 4 aromatic carbocycles. The number of Topliss-reactive ketones (excluding diaryl/α,β-unsaturated/α-hetero) is 1. The van der Waals surface area contributed by atoms with E-state index in [-0.39, 0.29) is 11.9 Å². The fourth-order valence-electron chi connectivity index (χ4n) is 4.77. The average Bonchev–Trinajstić information content (AvgIpc) is 3.09. The molecule has 0 unspecified atom stereocenters. The van der Waals surface area contributed by atoms with Crippen molar-refractivity contribution in [2.24, 2.45) is 0 Å². The number of carbonyl (C=O) groups excluding carboxylic acids is 4. The highest BCUT2D eigenvalue weighted by molar-refractivity contribution is 7.97. The molecule has 9 nitrogen and oxygen atoms in total. The zero-order valence-electron chi connectivity index (χ0n) is 24.7. The van der Waals surface area contributed by atoms with Crippen LogP contribution in [0, 0.1) is 11.3 Å². The first kappa shape index (κ1) is 32.5. The highest BCUT2D eigenvalue weighted by Gasteiger charge is 2.33. The number of nitrogens with zero attached hydrogens (tertiary/aromatic N) is 1.